The van der Waals surface area contributed by atoms with E-state index >= 15 is 0 Å². The van der Waals surface area contributed by atoms with Crippen LogP contribution in [0.3, 0.4) is 0 Å². The van der Waals surface area contributed by atoms with E-state index in [9.17, 15) is 14.3 Å². The second-order valence-corrected chi connectivity index (χ2v) is 7.16. The zero-order valence-electron chi connectivity index (χ0n) is 12.9. The molecule has 0 spiro atoms. The maximum atomic E-state index is 13.3. The van der Waals surface area contributed by atoms with Crippen LogP contribution in [-0.2, 0) is 4.79 Å². The Morgan fingerprint density at radius 3 is 2.43 bits per heavy atom. The Kier molecular flexibility index (Phi) is 4.26. The lowest BCUT2D eigenvalue weighted by atomic mass is 9.67. The Bertz CT molecular complexity index is 514. The summed E-state index contributed by atoms with van der Waals surface area (Å²) in [5.41, 5.74) is -0.245. The van der Waals surface area contributed by atoms with E-state index in [1.165, 1.54) is 12.1 Å². The number of nitrogens with one attached hydrogen (secondary N) is 1. The molecule has 0 bridgehead atoms. The van der Waals surface area contributed by atoms with Crippen molar-refractivity contribution in [3.8, 4) is 0 Å². The summed E-state index contributed by atoms with van der Waals surface area (Å²) in [6.45, 7) is 6.60. The Morgan fingerprint density at radius 2 is 1.95 bits per heavy atom. The molecule has 0 aromatic heterocycles. The van der Waals surface area contributed by atoms with E-state index in [0.29, 0.717) is 24.4 Å². The number of hydrogen-bond donors (Lipinski definition) is 2. The molecule has 1 fully saturated rings. The molecule has 0 unspecified atom stereocenters. The van der Waals surface area contributed by atoms with Crippen LogP contribution in [0.5, 0.6) is 0 Å². The molecular weight excluding hydrogens is 269 g/mol. The molecule has 2 rings (SSSR count). The number of halogens is 1. The number of benzene rings is 1. The van der Waals surface area contributed by atoms with E-state index in [1.807, 2.05) is 0 Å². The molecule has 4 heteroatoms. The molecule has 0 amide bonds. The fourth-order valence-electron chi connectivity index (χ4n) is 3.21. The Labute approximate surface area is 125 Å². The number of rotatable bonds is 3. The van der Waals surface area contributed by atoms with Crippen LogP contribution in [0.1, 0.15) is 46.5 Å². The first-order valence-electron chi connectivity index (χ1n) is 7.50. The number of hydrogen-bond acceptors (Lipinski definition) is 2. The average Bonchev–Trinajstić information content (AvgIpc) is 2.38. The van der Waals surface area contributed by atoms with Gasteiger partial charge in [-0.15, -0.1) is 0 Å². The van der Waals surface area contributed by atoms with Crippen molar-refractivity contribution in [2.45, 2.75) is 52.0 Å². The van der Waals surface area contributed by atoms with Gasteiger partial charge in [0.2, 0.25) is 0 Å². The van der Waals surface area contributed by atoms with Crippen molar-refractivity contribution in [1.82, 2.24) is 0 Å². The molecule has 3 nitrogen and oxygen atoms in total. The van der Waals surface area contributed by atoms with Crippen molar-refractivity contribution >= 4 is 11.7 Å². The number of anilines is 1. The highest BCUT2D eigenvalue weighted by Crippen LogP contribution is 2.42. The predicted molar refractivity (Wildman–Crippen MR) is 81.8 cm³/mol. The Hall–Kier alpha value is -1.58. The summed E-state index contributed by atoms with van der Waals surface area (Å²) >= 11 is 0. The molecule has 1 aromatic rings. The van der Waals surface area contributed by atoms with Gasteiger partial charge in [0.05, 0.1) is 0 Å². The van der Waals surface area contributed by atoms with Crippen LogP contribution < -0.4 is 5.32 Å². The van der Waals surface area contributed by atoms with Crippen LogP contribution in [0.2, 0.25) is 0 Å². The highest BCUT2D eigenvalue weighted by atomic mass is 19.1. The second kappa shape index (κ2) is 5.66. The topological polar surface area (TPSA) is 49.3 Å². The third-order valence-electron chi connectivity index (χ3n) is 4.68. The van der Waals surface area contributed by atoms with Crippen LogP contribution in [0.4, 0.5) is 10.1 Å². The summed E-state index contributed by atoms with van der Waals surface area (Å²) in [6, 6.07) is 6.01. The molecule has 2 N–H and O–H groups in total. The Morgan fingerprint density at radius 1 is 1.33 bits per heavy atom. The van der Waals surface area contributed by atoms with E-state index in [4.69, 9.17) is 0 Å². The first-order valence-corrected chi connectivity index (χ1v) is 7.50. The van der Waals surface area contributed by atoms with Crippen LogP contribution in [-0.4, -0.2) is 16.6 Å². The molecule has 0 saturated heterocycles. The van der Waals surface area contributed by atoms with Crippen molar-refractivity contribution in [1.29, 1.82) is 0 Å². The van der Waals surface area contributed by atoms with E-state index in [-0.39, 0.29) is 11.2 Å². The van der Waals surface area contributed by atoms with Gasteiger partial charge in [-0.2, -0.15) is 0 Å². The molecule has 0 atom stereocenters. The summed E-state index contributed by atoms with van der Waals surface area (Å²) < 4.78 is 13.3. The quantitative estimate of drug-likeness (QED) is 0.873. The summed E-state index contributed by atoms with van der Waals surface area (Å²) in [6.07, 6.45) is 2.89. The molecular formula is C17H24FNO2. The minimum absolute atomic E-state index is 0.198. The van der Waals surface area contributed by atoms with Gasteiger partial charge >= 0.3 is 5.97 Å². The first-order chi connectivity index (χ1) is 9.73. The van der Waals surface area contributed by atoms with Crippen molar-refractivity contribution in [3.63, 3.8) is 0 Å². The summed E-state index contributed by atoms with van der Waals surface area (Å²) in [4.78, 5) is 11.8. The first kappa shape index (κ1) is 15.8. The van der Waals surface area contributed by atoms with Gasteiger partial charge in [0, 0.05) is 5.69 Å². The Balaban J connectivity index is 2.15. The lowest BCUT2D eigenvalue weighted by Gasteiger charge is -2.42. The predicted octanol–water partition coefficient (Wildman–Crippen LogP) is 4.30. The number of carboxylic acid groups (broad SMARTS) is 1. The second-order valence-electron chi connectivity index (χ2n) is 7.16. The van der Waals surface area contributed by atoms with Crippen molar-refractivity contribution in [2.24, 2.45) is 11.3 Å². The van der Waals surface area contributed by atoms with Gasteiger partial charge in [0.15, 0.2) is 0 Å². The largest absolute Gasteiger partial charge is 0.480 e. The van der Waals surface area contributed by atoms with Gasteiger partial charge < -0.3 is 10.4 Å². The molecule has 1 aliphatic carbocycles. The van der Waals surface area contributed by atoms with Crippen LogP contribution in [0.15, 0.2) is 24.3 Å². The van der Waals surface area contributed by atoms with Gasteiger partial charge in [-0.3, -0.25) is 0 Å². The monoisotopic (exact) mass is 293 g/mol. The minimum atomic E-state index is -0.977. The van der Waals surface area contributed by atoms with Crippen molar-refractivity contribution < 1.29 is 14.3 Å². The SMILES string of the molecule is CC(C)(C)C1CCC(Nc2cccc(F)c2)(C(=O)O)CC1. The molecule has 21 heavy (non-hydrogen) atoms. The van der Waals surface area contributed by atoms with Gasteiger partial charge in [0.1, 0.15) is 11.4 Å². The maximum Gasteiger partial charge on any atom is 0.329 e. The normalized spacial score (nSPS) is 26.4. The van der Waals surface area contributed by atoms with E-state index in [0.717, 1.165) is 12.8 Å². The van der Waals surface area contributed by atoms with Crippen LogP contribution in [0.25, 0.3) is 0 Å². The zero-order valence-corrected chi connectivity index (χ0v) is 12.9. The summed E-state index contributed by atoms with van der Waals surface area (Å²) in [5.74, 6) is -0.678. The third kappa shape index (κ3) is 3.55. The molecule has 0 aliphatic heterocycles. The zero-order chi connectivity index (χ0) is 15.7. The number of aliphatic carboxylic acids is 1. The fraction of sp³-hybridized carbons (Fsp3) is 0.588. The number of carboxylic acids is 1. The van der Waals surface area contributed by atoms with Crippen molar-refractivity contribution in [3.05, 3.63) is 30.1 Å². The molecule has 0 heterocycles. The van der Waals surface area contributed by atoms with Gasteiger partial charge in [-0.05, 0) is 55.2 Å². The number of carbonyl (C=O) groups is 1. The van der Waals surface area contributed by atoms with Gasteiger partial charge in [0.25, 0.3) is 0 Å². The highest BCUT2D eigenvalue weighted by molar-refractivity contribution is 5.83. The van der Waals surface area contributed by atoms with Crippen molar-refractivity contribution in [2.75, 3.05) is 5.32 Å². The maximum absolute atomic E-state index is 13.3. The molecule has 1 aromatic carbocycles. The lowest BCUT2D eigenvalue weighted by Crippen LogP contribution is -2.50. The smallest absolute Gasteiger partial charge is 0.329 e. The van der Waals surface area contributed by atoms with E-state index in [2.05, 4.69) is 26.1 Å². The molecule has 0 radical (unpaired) electrons. The summed E-state index contributed by atoms with van der Waals surface area (Å²) in [7, 11) is 0. The van der Waals surface area contributed by atoms with E-state index in [1.54, 1.807) is 12.1 Å². The third-order valence-corrected chi connectivity index (χ3v) is 4.68. The highest BCUT2D eigenvalue weighted by Gasteiger charge is 2.44. The van der Waals surface area contributed by atoms with E-state index < -0.39 is 11.5 Å². The fourth-order valence-corrected chi connectivity index (χ4v) is 3.21. The lowest BCUT2D eigenvalue weighted by molar-refractivity contribution is -0.144. The molecule has 1 saturated carbocycles. The minimum Gasteiger partial charge on any atom is -0.480 e. The molecule has 116 valence electrons. The van der Waals surface area contributed by atoms with Gasteiger partial charge in [-0.25, -0.2) is 9.18 Å². The standard InChI is InChI=1S/C17H24FNO2/c1-16(2,3)12-7-9-17(10-8-12,15(20)21)19-14-6-4-5-13(18)11-14/h4-6,11-12,19H,7-10H2,1-3H3,(H,20,21). The summed E-state index contributed by atoms with van der Waals surface area (Å²) in [5, 5.41) is 12.7. The van der Waals surface area contributed by atoms with Crippen LogP contribution >= 0.6 is 0 Å². The van der Waals surface area contributed by atoms with Gasteiger partial charge in [-0.1, -0.05) is 26.8 Å². The molecule has 1 aliphatic rings. The van der Waals surface area contributed by atoms with Crippen LogP contribution in [0, 0.1) is 17.2 Å². The average molecular weight is 293 g/mol.